The van der Waals surface area contributed by atoms with Crippen LogP contribution in [-0.2, 0) is 5.41 Å². The first-order chi connectivity index (χ1) is 6.12. The highest BCUT2D eigenvalue weighted by Crippen LogP contribution is 2.26. The molecule has 0 saturated carbocycles. The average molecular weight is 178 g/mol. The molecule has 13 heavy (non-hydrogen) atoms. The van der Waals surface area contributed by atoms with Gasteiger partial charge in [-0.15, -0.1) is 0 Å². The molecule has 72 valence electrons. The molecule has 0 saturated heterocycles. The van der Waals surface area contributed by atoms with Crippen LogP contribution >= 0.6 is 0 Å². The molecule has 0 bridgehead atoms. The number of benzene rings is 1. The summed E-state index contributed by atoms with van der Waals surface area (Å²) in [6.45, 7) is 5.01. The summed E-state index contributed by atoms with van der Waals surface area (Å²) in [5.74, 6) is 0. The second-order valence-corrected chi connectivity index (χ2v) is 3.74. The van der Waals surface area contributed by atoms with E-state index in [1.807, 2.05) is 12.1 Å². The Morgan fingerprint density at radius 2 is 1.77 bits per heavy atom. The summed E-state index contributed by atoms with van der Waals surface area (Å²) in [7, 11) is 0. The smallest absolute Gasteiger partial charge is 0.0314 e. The van der Waals surface area contributed by atoms with Gasteiger partial charge in [0.15, 0.2) is 0 Å². The minimum Gasteiger partial charge on any atom is -0.399 e. The van der Waals surface area contributed by atoms with E-state index in [2.05, 4.69) is 26.0 Å². The number of rotatable bonds is 3. The summed E-state index contributed by atoms with van der Waals surface area (Å²) in [6, 6.07) is 7.98. The van der Waals surface area contributed by atoms with Crippen LogP contribution in [0, 0.1) is 0 Å². The summed E-state index contributed by atoms with van der Waals surface area (Å²) in [4.78, 5) is 0. The van der Waals surface area contributed by atoms with Gasteiger partial charge >= 0.3 is 0 Å². The molecular formula is C11H18N2. The fraction of sp³-hybridized carbons (Fsp3) is 0.455. The van der Waals surface area contributed by atoms with Crippen molar-refractivity contribution in [3.8, 4) is 0 Å². The summed E-state index contributed by atoms with van der Waals surface area (Å²) in [6.07, 6.45) is 1.05. The predicted molar refractivity (Wildman–Crippen MR) is 57.6 cm³/mol. The molecule has 2 heteroatoms. The van der Waals surface area contributed by atoms with Crippen molar-refractivity contribution in [1.82, 2.24) is 0 Å². The number of hydrogen-bond acceptors (Lipinski definition) is 2. The van der Waals surface area contributed by atoms with E-state index in [9.17, 15) is 0 Å². The quantitative estimate of drug-likeness (QED) is 0.694. The van der Waals surface area contributed by atoms with Crippen LogP contribution in [-0.4, -0.2) is 6.54 Å². The van der Waals surface area contributed by atoms with Crippen LogP contribution in [0.15, 0.2) is 24.3 Å². The van der Waals surface area contributed by atoms with E-state index in [4.69, 9.17) is 11.5 Å². The largest absolute Gasteiger partial charge is 0.399 e. The summed E-state index contributed by atoms with van der Waals surface area (Å²) in [5, 5.41) is 0. The molecule has 0 aromatic heterocycles. The molecule has 2 nitrogen and oxygen atoms in total. The van der Waals surface area contributed by atoms with Crippen LogP contribution < -0.4 is 11.5 Å². The highest BCUT2D eigenvalue weighted by Gasteiger charge is 2.21. The molecular weight excluding hydrogens is 160 g/mol. The van der Waals surface area contributed by atoms with Gasteiger partial charge in [0.2, 0.25) is 0 Å². The maximum Gasteiger partial charge on any atom is 0.0314 e. The highest BCUT2D eigenvalue weighted by molar-refractivity contribution is 5.41. The molecule has 0 aliphatic heterocycles. The van der Waals surface area contributed by atoms with Crippen LogP contribution in [0.25, 0.3) is 0 Å². The minimum absolute atomic E-state index is 0.0910. The van der Waals surface area contributed by atoms with E-state index in [0.717, 1.165) is 12.1 Å². The van der Waals surface area contributed by atoms with Gasteiger partial charge in [-0.25, -0.2) is 0 Å². The summed E-state index contributed by atoms with van der Waals surface area (Å²) in [5.41, 5.74) is 13.5. The molecule has 1 aromatic rings. The van der Waals surface area contributed by atoms with Crippen LogP contribution in [0.5, 0.6) is 0 Å². The van der Waals surface area contributed by atoms with Crippen LogP contribution in [0.3, 0.4) is 0 Å². The van der Waals surface area contributed by atoms with E-state index >= 15 is 0 Å². The molecule has 1 unspecified atom stereocenters. The van der Waals surface area contributed by atoms with Crippen LogP contribution in [0.1, 0.15) is 25.8 Å². The van der Waals surface area contributed by atoms with E-state index in [1.165, 1.54) is 5.56 Å². The molecule has 0 aliphatic carbocycles. The molecule has 0 radical (unpaired) electrons. The highest BCUT2D eigenvalue weighted by atomic mass is 14.6. The third-order valence-electron chi connectivity index (χ3n) is 2.84. The average Bonchev–Trinajstić information content (AvgIpc) is 2.18. The van der Waals surface area contributed by atoms with Gasteiger partial charge in [-0.3, -0.25) is 0 Å². The summed E-state index contributed by atoms with van der Waals surface area (Å²) < 4.78 is 0. The second-order valence-electron chi connectivity index (χ2n) is 3.74. The molecule has 1 atom stereocenters. The van der Waals surface area contributed by atoms with Gasteiger partial charge in [0.1, 0.15) is 0 Å². The molecule has 0 aliphatic rings. The first-order valence-corrected chi connectivity index (χ1v) is 4.68. The Hall–Kier alpha value is -1.02. The Balaban J connectivity index is 2.99. The maximum absolute atomic E-state index is 5.76. The van der Waals surface area contributed by atoms with Gasteiger partial charge in [0.25, 0.3) is 0 Å². The Morgan fingerprint density at radius 3 is 2.15 bits per heavy atom. The zero-order valence-corrected chi connectivity index (χ0v) is 8.38. The maximum atomic E-state index is 5.76. The zero-order chi connectivity index (χ0) is 9.90. The lowest BCUT2D eigenvalue weighted by Gasteiger charge is -2.26. The number of hydrogen-bond donors (Lipinski definition) is 2. The topological polar surface area (TPSA) is 52.0 Å². The van der Waals surface area contributed by atoms with Gasteiger partial charge in [-0.2, -0.15) is 0 Å². The Labute approximate surface area is 79.9 Å². The Bertz CT molecular complexity index is 260. The fourth-order valence-corrected chi connectivity index (χ4v) is 1.35. The van der Waals surface area contributed by atoms with Crippen molar-refractivity contribution in [3.05, 3.63) is 29.8 Å². The van der Waals surface area contributed by atoms with Crippen molar-refractivity contribution in [2.45, 2.75) is 25.7 Å². The third kappa shape index (κ3) is 2.01. The van der Waals surface area contributed by atoms with E-state index in [-0.39, 0.29) is 5.41 Å². The van der Waals surface area contributed by atoms with E-state index in [1.54, 1.807) is 0 Å². The monoisotopic (exact) mass is 178 g/mol. The van der Waals surface area contributed by atoms with Crippen molar-refractivity contribution in [2.75, 3.05) is 12.3 Å². The first kappa shape index (κ1) is 10.1. The summed E-state index contributed by atoms with van der Waals surface area (Å²) >= 11 is 0. The van der Waals surface area contributed by atoms with Crippen molar-refractivity contribution >= 4 is 5.69 Å². The van der Waals surface area contributed by atoms with E-state index < -0.39 is 0 Å². The van der Waals surface area contributed by atoms with Crippen LogP contribution in [0.4, 0.5) is 5.69 Å². The predicted octanol–water partition coefficient (Wildman–Crippen LogP) is 1.90. The second kappa shape index (κ2) is 3.79. The van der Waals surface area contributed by atoms with Crippen molar-refractivity contribution in [2.24, 2.45) is 5.73 Å². The van der Waals surface area contributed by atoms with Gasteiger partial charge in [-0.1, -0.05) is 26.0 Å². The molecule has 1 aromatic carbocycles. The normalized spacial score (nSPS) is 15.3. The first-order valence-electron chi connectivity index (χ1n) is 4.68. The molecule has 0 heterocycles. The van der Waals surface area contributed by atoms with Gasteiger partial charge in [0, 0.05) is 17.6 Å². The van der Waals surface area contributed by atoms with Gasteiger partial charge < -0.3 is 11.5 Å². The van der Waals surface area contributed by atoms with Crippen LogP contribution in [0.2, 0.25) is 0 Å². The molecule has 4 N–H and O–H groups in total. The van der Waals surface area contributed by atoms with Gasteiger partial charge in [0.05, 0.1) is 0 Å². The number of nitrogens with two attached hydrogens (primary N) is 2. The lowest BCUT2D eigenvalue weighted by Crippen LogP contribution is -2.30. The SMILES string of the molecule is CCC(C)(CN)c1ccc(N)cc1. The third-order valence-corrected chi connectivity index (χ3v) is 2.84. The van der Waals surface area contributed by atoms with Gasteiger partial charge in [-0.05, 0) is 24.1 Å². The Morgan fingerprint density at radius 1 is 1.23 bits per heavy atom. The lowest BCUT2D eigenvalue weighted by molar-refractivity contribution is 0.467. The van der Waals surface area contributed by atoms with Crippen molar-refractivity contribution in [3.63, 3.8) is 0 Å². The molecule has 0 spiro atoms. The standard InChI is InChI=1S/C11H18N2/c1-3-11(2,8-12)9-4-6-10(13)7-5-9/h4-7H,3,8,12-13H2,1-2H3. The lowest BCUT2D eigenvalue weighted by atomic mass is 9.80. The molecule has 0 amide bonds. The molecule has 0 fully saturated rings. The number of nitrogen functional groups attached to an aromatic ring is 1. The van der Waals surface area contributed by atoms with E-state index in [0.29, 0.717) is 6.54 Å². The van der Waals surface area contributed by atoms with Crippen molar-refractivity contribution in [1.29, 1.82) is 0 Å². The van der Waals surface area contributed by atoms with Crippen molar-refractivity contribution < 1.29 is 0 Å². The Kier molecular flexibility index (Phi) is 2.94. The zero-order valence-electron chi connectivity index (χ0n) is 8.38. The minimum atomic E-state index is 0.0910. The molecule has 1 rings (SSSR count). The number of anilines is 1. The fourth-order valence-electron chi connectivity index (χ4n) is 1.35.